The number of aromatic nitrogens is 2. The van der Waals surface area contributed by atoms with Gasteiger partial charge >= 0.3 is 6.18 Å². The van der Waals surface area contributed by atoms with Gasteiger partial charge in [0.25, 0.3) is 5.91 Å². The Labute approximate surface area is 144 Å². The summed E-state index contributed by atoms with van der Waals surface area (Å²) in [5, 5.41) is 6.05. The van der Waals surface area contributed by atoms with Gasteiger partial charge < -0.3 is 5.32 Å². The number of benzene rings is 1. The Morgan fingerprint density at radius 2 is 2.04 bits per heavy atom. The van der Waals surface area contributed by atoms with Gasteiger partial charge in [-0.3, -0.25) is 9.48 Å². The maximum Gasteiger partial charge on any atom is 0.435 e. The molecule has 134 valence electrons. The van der Waals surface area contributed by atoms with Crippen LogP contribution in [0.5, 0.6) is 0 Å². The molecule has 0 aliphatic heterocycles. The van der Waals surface area contributed by atoms with E-state index in [9.17, 15) is 18.0 Å². The molecule has 0 unspecified atom stereocenters. The lowest BCUT2D eigenvalue weighted by Crippen LogP contribution is -2.19. The Morgan fingerprint density at radius 3 is 2.68 bits per heavy atom. The maximum atomic E-state index is 13.1. The molecule has 0 spiro atoms. The molecule has 0 radical (unpaired) electrons. The quantitative estimate of drug-likeness (QED) is 0.867. The van der Waals surface area contributed by atoms with Gasteiger partial charge in [0.1, 0.15) is 0 Å². The van der Waals surface area contributed by atoms with Gasteiger partial charge in [0, 0.05) is 18.9 Å². The number of nitrogens with zero attached hydrogens (tertiary/aromatic N) is 2. The minimum atomic E-state index is -4.68. The summed E-state index contributed by atoms with van der Waals surface area (Å²) in [5.41, 5.74) is 1.02. The van der Waals surface area contributed by atoms with E-state index >= 15 is 0 Å². The van der Waals surface area contributed by atoms with Crippen molar-refractivity contribution >= 4 is 11.6 Å². The summed E-state index contributed by atoms with van der Waals surface area (Å²) in [6.45, 7) is 6.32. The van der Waals surface area contributed by atoms with E-state index in [1.165, 1.54) is 7.05 Å². The molecule has 1 heterocycles. The maximum absolute atomic E-state index is 13.1. The van der Waals surface area contributed by atoms with E-state index in [1.807, 2.05) is 12.1 Å². The van der Waals surface area contributed by atoms with Gasteiger partial charge in [0.15, 0.2) is 5.69 Å². The van der Waals surface area contributed by atoms with Crippen molar-refractivity contribution in [3.63, 3.8) is 0 Å². The molecule has 1 aliphatic rings. The lowest BCUT2D eigenvalue weighted by molar-refractivity contribution is -0.141. The van der Waals surface area contributed by atoms with Crippen molar-refractivity contribution in [3.05, 3.63) is 46.8 Å². The zero-order valence-electron chi connectivity index (χ0n) is 14.5. The average molecular weight is 351 g/mol. The third-order valence-electron chi connectivity index (χ3n) is 4.73. The number of hydrogen-bond acceptors (Lipinski definition) is 2. The second kappa shape index (κ2) is 5.61. The number of fused-ring (bicyclic) bond motifs is 1. The number of alkyl halides is 3. The number of hydrogen-bond donors (Lipinski definition) is 1. The molecular weight excluding hydrogens is 331 g/mol. The minimum Gasteiger partial charge on any atom is -0.322 e. The highest BCUT2D eigenvalue weighted by atomic mass is 19.4. The van der Waals surface area contributed by atoms with E-state index in [0.29, 0.717) is 5.69 Å². The summed E-state index contributed by atoms with van der Waals surface area (Å²) in [4.78, 5) is 12.5. The third kappa shape index (κ3) is 3.03. The number of carbonyl (C=O) groups excluding carboxylic acids is 1. The molecule has 1 aromatic heterocycles. The first-order valence-corrected chi connectivity index (χ1v) is 8.06. The number of anilines is 1. The summed E-state index contributed by atoms with van der Waals surface area (Å²) in [6.07, 6.45) is -2.66. The van der Waals surface area contributed by atoms with Gasteiger partial charge in [-0.15, -0.1) is 0 Å². The van der Waals surface area contributed by atoms with Crippen LogP contribution in [0.15, 0.2) is 24.4 Å². The van der Waals surface area contributed by atoms with Gasteiger partial charge in [0.2, 0.25) is 0 Å². The van der Waals surface area contributed by atoms with E-state index in [2.05, 4.69) is 31.2 Å². The monoisotopic (exact) mass is 351 g/mol. The lowest BCUT2D eigenvalue weighted by atomic mass is 9.86. The first-order valence-electron chi connectivity index (χ1n) is 8.06. The number of aryl methyl sites for hydroxylation is 1. The molecule has 7 heteroatoms. The van der Waals surface area contributed by atoms with Crippen LogP contribution >= 0.6 is 0 Å². The lowest BCUT2D eigenvalue weighted by Gasteiger charge is -2.19. The molecule has 1 N–H and O–H groups in total. The summed E-state index contributed by atoms with van der Waals surface area (Å²) in [7, 11) is 1.36. The van der Waals surface area contributed by atoms with Crippen LogP contribution in [0.2, 0.25) is 0 Å². The van der Waals surface area contributed by atoms with Crippen LogP contribution < -0.4 is 5.32 Å². The third-order valence-corrected chi connectivity index (χ3v) is 4.73. The predicted octanol–water partition coefficient (Wildman–Crippen LogP) is 4.48. The number of halogens is 3. The van der Waals surface area contributed by atoms with Crippen LogP contribution in [0.3, 0.4) is 0 Å². The van der Waals surface area contributed by atoms with E-state index in [-0.39, 0.29) is 11.3 Å². The number of amides is 1. The highest BCUT2D eigenvalue weighted by Gasteiger charge is 2.40. The molecular formula is C18H20F3N3O. The van der Waals surface area contributed by atoms with Crippen LogP contribution in [0.4, 0.5) is 18.9 Å². The van der Waals surface area contributed by atoms with E-state index in [1.54, 1.807) is 6.07 Å². The average Bonchev–Trinajstić information content (AvgIpc) is 2.98. The van der Waals surface area contributed by atoms with Gasteiger partial charge in [0.05, 0.1) is 5.56 Å². The smallest absolute Gasteiger partial charge is 0.322 e. The topological polar surface area (TPSA) is 46.9 Å². The molecule has 0 saturated heterocycles. The van der Waals surface area contributed by atoms with Gasteiger partial charge in [-0.2, -0.15) is 18.3 Å². The molecule has 1 aromatic carbocycles. The van der Waals surface area contributed by atoms with Crippen molar-refractivity contribution in [3.8, 4) is 0 Å². The zero-order valence-corrected chi connectivity index (χ0v) is 14.5. The fourth-order valence-corrected chi connectivity index (χ4v) is 3.83. The van der Waals surface area contributed by atoms with E-state index in [0.717, 1.165) is 28.4 Å². The van der Waals surface area contributed by atoms with Crippen LogP contribution in [-0.2, 0) is 18.6 Å². The molecule has 3 rings (SSSR count). The molecule has 1 aliphatic carbocycles. The molecule has 0 bridgehead atoms. The first kappa shape index (κ1) is 17.5. The van der Waals surface area contributed by atoms with Crippen LogP contribution in [0.25, 0.3) is 0 Å². The summed E-state index contributed by atoms with van der Waals surface area (Å²) < 4.78 is 40.3. The highest BCUT2D eigenvalue weighted by Crippen LogP contribution is 2.48. The van der Waals surface area contributed by atoms with Crippen molar-refractivity contribution in [1.82, 2.24) is 9.78 Å². The Hall–Kier alpha value is -2.31. The summed E-state index contributed by atoms with van der Waals surface area (Å²) >= 11 is 0. The van der Waals surface area contributed by atoms with Crippen LogP contribution in [-0.4, -0.2) is 15.7 Å². The van der Waals surface area contributed by atoms with Crippen LogP contribution in [0.1, 0.15) is 60.3 Å². The molecule has 1 amide bonds. The van der Waals surface area contributed by atoms with Crippen molar-refractivity contribution < 1.29 is 18.0 Å². The van der Waals surface area contributed by atoms with Gasteiger partial charge in [-0.1, -0.05) is 32.9 Å². The summed E-state index contributed by atoms with van der Waals surface area (Å²) in [6, 6.07) is 5.57. The molecule has 0 fully saturated rings. The van der Waals surface area contributed by atoms with Gasteiger partial charge in [-0.05, 0) is 34.9 Å². The largest absolute Gasteiger partial charge is 0.435 e. The van der Waals surface area contributed by atoms with Crippen LogP contribution in [0, 0.1) is 0 Å². The summed E-state index contributed by atoms with van der Waals surface area (Å²) in [5.74, 6) is -0.580. The van der Waals surface area contributed by atoms with Crippen molar-refractivity contribution in [2.75, 3.05) is 5.32 Å². The Bertz CT molecular complexity index is 837. The highest BCUT2D eigenvalue weighted by molar-refractivity contribution is 6.05. The molecule has 2 aromatic rings. The number of carbonyl (C=O) groups is 1. The molecule has 4 nitrogen and oxygen atoms in total. The van der Waals surface area contributed by atoms with Crippen molar-refractivity contribution in [2.24, 2.45) is 7.05 Å². The first-order chi connectivity index (χ1) is 11.5. The minimum absolute atomic E-state index is 0.0269. The van der Waals surface area contributed by atoms with Crippen molar-refractivity contribution in [1.29, 1.82) is 0 Å². The second-order valence-corrected chi connectivity index (χ2v) is 7.27. The Balaban J connectivity index is 1.98. The Morgan fingerprint density at radius 1 is 1.36 bits per heavy atom. The molecule has 0 saturated carbocycles. The number of nitrogens with one attached hydrogen (secondary N) is 1. The normalized spacial score (nSPS) is 18.9. The fourth-order valence-electron chi connectivity index (χ4n) is 3.83. The Kier molecular flexibility index (Phi) is 3.93. The predicted molar refractivity (Wildman–Crippen MR) is 88.7 cm³/mol. The van der Waals surface area contributed by atoms with Gasteiger partial charge in [-0.25, -0.2) is 0 Å². The SMILES string of the molecule is C[C@H]1CC(C)(C)c2cccc(NC(=O)c3cn(C)nc3C(F)(F)F)c21. The molecule has 1 atom stereocenters. The zero-order chi connectivity index (χ0) is 18.6. The van der Waals surface area contributed by atoms with Crippen molar-refractivity contribution in [2.45, 2.75) is 44.7 Å². The molecule has 25 heavy (non-hydrogen) atoms. The second-order valence-electron chi connectivity index (χ2n) is 7.27. The fraction of sp³-hybridized carbons (Fsp3) is 0.444. The number of rotatable bonds is 2. The van der Waals surface area contributed by atoms with E-state index < -0.39 is 23.3 Å². The standard InChI is InChI=1S/C18H20F3N3O/c1-10-8-17(2,3)12-6-5-7-13(14(10)12)22-16(25)11-9-24(4)23-15(11)18(19,20)21/h5-7,9-10H,8H2,1-4H3,(H,22,25)/t10-/m0/s1. The van der Waals surface area contributed by atoms with E-state index in [4.69, 9.17) is 0 Å².